The zero-order valence-corrected chi connectivity index (χ0v) is 13.3. The third-order valence-electron chi connectivity index (χ3n) is 3.47. The molecule has 1 aromatic carbocycles. The largest absolute Gasteiger partial charge is 0.366 e. The van der Waals surface area contributed by atoms with Crippen LogP contribution in [0.2, 0.25) is 0 Å². The average Bonchev–Trinajstić information content (AvgIpc) is 2.92. The van der Waals surface area contributed by atoms with Crippen molar-refractivity contribution in [1.29, 1.82) is 0 Å². The van der Waals surface area contributed by atoms with E-state index in [1.54, 1.807) is 11.3 Å². The highest BCUT2D eigenvalue weighted by Gasteiger charge is 2.21. The van der Waals surface area contributed by atoms with Crippen LogP contribution >= 0.6 is 23.7 Å². The van der Waals surface area contributed by atoms with Gasteiger partial charge in [0.1, 0.15) is 6.10 Å². The van der Waals surface area contributed by atoms with Crippen molar-refractivity contribution < 1.29 is 9.53 Å². The molecule has 4 nitrogen and oxygen atoms in total. The summed E-state index contributed by atoms with van der Waals surface area (Å²) >= 11 is 1.75. The molecule has 0 radical (unpaired) electrons. The van der Waals surface area contributed by atoms with Crippen LogP contribution in [0.25, 0.3) is 10.1 Å². The van der Waals surface area contributed by atoms with Gasteiger partial charge in [0, 0.05) is 24.3 Å². The monoisotopic (exact) mass is 326 g/mol. The van der Waals surface area contributed by atoms with Crippen LogP contribution in [0.4, 0.5) is 0 Å². The van der Waals surface area contributed by atoms with E-state index in [2.05, 4.69) is 40.3 Å². The van der Waals surface area contributed by atoms with E-state index in [1.807, 2.05) is 0 Å². The molecule has 1 amide bonds. The van der Waals surface area contributed by atoms with Crippen LogP contribution in [0.5, 0.6) is 0 Å². The van der Waals surface area contributed by atoms with E-state index in [0.717, 1.165) is 13.0 Å². The predicted molar refractivity (Wildman–Crippen MR) is 88.4 cm³/mol. The quantitative estimate of drug-likeness (QED) is 0.903. The second-order valence-corrected chi connectivity index (χ2v) is 5.77. The molecule has 114 valence electrons. The van der Waals surface area contributed by atoms with Gasteiger partial charge in [-0.05, 0) is 28.8 Å². The molecule has 0 saturated carbocycles. The molecule has 0 aliphatic carbocycles. The number of carbonyl (C=O) groups excluding carboxylic acids is 1. The van der Waals surface area contributed by atoms with E-state index in [1.165, 1.54) is 15.6 Å². The van der Waals surface area contributed by atoms with Gasteiger partial charge >= 0.3 is 0 Å². The second-order valence-electron chi connectivity index (χ2n) is 4.86. The normalized spacial score (nSPS) is 18.2. The number of thiophene rings is 1. The van der Waals surface area contributed by atoms with Crippen molar-refractivity contribution in [2.45, 2.75) is 12.5 Å². The molecule has 2 N–H and O–H groups in total. The maximum absolute atomic E-state index is 11.9. The molecule has 1 atom stereocenters. The molecule has 2 aromatic rings. The number of carbonyl (C=O) groups is 1. The highest BCUT2D eigenvalue weighted by Crippen LogP contribution is 2.25. The summed E-state index contributed by atoms with van der Waals surface area (Å²) in [6, 6.07) is 8.37. The Bertz CT molecular complexity index is 596. The van der Waals surface area contributed by atoms with Gasteiger partial charge in [0.05, 0.1) is 6.61 Å². The van der Waals surface area contributed by atoms with E-state index >= 15 is 0 Å². The minimum absolute atomic E-state index is 0. The lowest BCUT2D eigenvalue weighted by Crippen LogP contribution is -2.48. The first-order chi connectivity index (χ1) is 9.84. The molecule has 3 rings (SSSR count). The first kappa shape index (κ1) is 16.2. The number of rotatable bonds is 4. The first-order valence-electron chi connectivity index (χ1n) is 6.90. The zero-order valence-electron chi connectivity index (χ0n) is 11.6. The summed E-state index contributed by atoms with van der Waals surface area (Å²) in [5.74, 6) is -0.0169. The lowest BCUT2D eigenvalue weighted by molar-refractivity contribution is -0.134. The fourth-order valence-electron chi connectivity index (χ4n) is 2.39. The third-order valence-corrected chi connectivity index (χ3v) is 4.49. The highest BCUT2D eigenvalue weighted by molar-refractivity contribution is 7.17. The van der Waals surface area contributed by atoms with Crippen molar-refractivity contribution in [3.8, 4) is 0 Å². The number of nitrogens with one attached hydrogen (secondary N) is 2. The van der Waals surface area contributed by atoms with Crippen LogP contribution in [0.15, 0.2) is 29.6 Å². The zero-order chi connectivity index (χ0) is 13.8. The third kappa shape index (κ3) is 3.95. The summed E-state index contributed by atoms with van der Waals surface area (Å²) in [6.45, 7) is 2.69. The summed E-state index contributed by atoms with van der Waals surface area (Å²) in [5.41, 5.74) is 1.30. The molecule has 1 aliphatic heterocycles. The minimum atomic E-state index is -0.344. The Morgan fingerprint density at radius 1 is 1.43 bits per heavy atom. The average molecular weight is 327 g/mol. The van der Waals surface area contributed by atoms with Gasteiger partial charge in [-0.1, -0.05) is 18.2 Å². The molecule has 1 aliphatic rings. The second kappa shape index (κ2) is 7.75. The minimum Gasteiger partial charge on any atom is -0.366 e. The Hall–Kier alpha value is -1.14. The predicted octanol–water partition coefficient (Wildman–Crippen LogP) is 1.97. The van der Waals surface area contributed by atoms with Crippen LogP contribution in [0.3, 0.4) is 0 Å². The maximum atomic E-state index is 11.9. The Morgan fingerprint density at radius 3 is 3.10 bits per heavy atom. The number of hydrogen-bond donors (Lipinski definition) is 2. The van der Waals surface area contributed by atoms with E-state index in [9.17, 15) is 4.79 Å². The Labute approximate surface area is 134 Å². The van der Waals surface area contributed by atoms with Crippen LogP contribution < -0.4 is 10.6 Å². The van der Waals surface area contributed by atoms with Crippen molar-refractivity contribution in [2.75, 3.05) is 26.2 Å². The Kier molecular flexibility index (Phi) is 5.99. The first-order valence-corrected chi connectivity index (χ1v) is 7.78. The molecular weight excluding hydrogens is 308 g/mol. The summed E-state index contributed by atoms with van der Waals surface area (Å²) < 4.78 is 6.72. The fraction of sp³-hybridized carbons (Fsp3) is 0.400. The molecule has 6 heteroatoms. The van der Waals surface area contributed by atoms with E-state index in [0.29, 0.717) is 19.7 Å². The highest BCUT2D eigenvalue weighted by atomic mass is 35.5. The summed E-state index contributed by atoms with van der Waals surface area (Å²) in [6.07, 6.45) is 0.513. The molecule has 1 aromatic heterocycles. The topological polar surface area (TPSA) is 50.4 Å². The Morgan fingerprint density at radius 2 is 2.29 bits per heavy atom. The van der Waals surface area contributed by atoms with Gasteiger partial charge in [-0.25, -0.2) is 0 Å². The standard InChI is InChI=1S/C15H18N2O2S.ClH/c18-15(13-9-16-7-8-19-13)17-6-5-11-10-20-14-4-2-1-3-12(11)14;/h1-4,10,13,16H,5-9H2,(H,17,18);1H. The van der Waals surface area contributed by atoms with E-state index in [-0.39, 0.29) is 24.4 Å². The van der Waals surface area contributed by atoms with Crippen molar-refractivity contribution in [2.24, 2.45) is 0 Å². The number of benzene rings is 1. The molecule has 1 unspecified atom stereocenters. The lowest BCUT2D eigenvalue weighted by atomic mass is 10.1. The molecular formula is C15H19ClN2O2S. The van der Waals surface area contributed by atoms with Crippen LogP contribution in [-0.2, 0) is 16.0 Å². The van der Waals surface area contributed by atoms with Gasteiger partial charge in [-0.2, -0.15) is 0 Å². The van der Waals surface area contributed by atoms with Gasteiger partial charge in [0.25, 0.3) is 0 Å². The summed E-state index contributed by atoms with van der Waals surface area (Å²) in [5, 5.41) is 9.59. The van der Waals surface area contributed by atoms with Crippen LogP contribution in [-0.4, -0.2) is 38.3 Å². The van der Waals surface area contributed by atoms with Gasteiger partial charge < -0.3 is 15.4 Å². The number of ether oxygens (including phenoxy) is 1. The number of amides is 1. The van der Waals surface area contributed by atoms with E-state index < -0.39 is 0 Å². The maximum Gasteiger partial charge on any atom is 0.250 e. The molecule has 21 heavy (non-hydrogen) atoms. The summed E-state index contributed by atoms with van der Waals surface area (Å²) in [4.78, 5) is 11.9. The summed E-state index contributed by atoms with van der Waals surface area (Å²) in [7, 11) is 0. The van der Waals surface area contributed by atoms with Crippen LogP contribution in [0.1, 0.15) is 5.56 Å². The van der Waals surface area contributed by atoms with Crippen molar-refractivity contribution in [3.63, 3.8) is 0 Å². The number of morpholine rings is 1. The smallest absolute Gasteiger partial charge is 0.250 e. The fourth-order valence-corrected chi connectivity index (χ4v) is 3.39. The number of hydrogen-bond acceptors (Lipinski definition) is 4. The van der Waals surface area contributed by atoms with Gasteiger partial charge in [-0.15, -0.1) is 23.7 Å². The lowest BCUT2D eigenvalue weighted by Gasteiger charge is -2.22. The number of halogens is 1. The van der Waals surface area contributed by atoms with E-state index in [4.69, 9.17) is 4.74 Å². The van der Waals surface area contributed by atoms with Gasteiger partial charge in [0.2, 0.25) is 5.91 Å². The van der Waals surface area contributed by atoms with Crippen molar-refractivity contribution >= 4 is 39.7 Å². The molecule has 1 saturated heterocycles. The molecule has 0 spiro atoms. The van der Waals surface area contributed by atoms with Crippen molar-refractivity contribution in [1.82, 2.24) is 10.6 Å². The van der Waals surface area contributed by atoms with Gasteiger partial charge in [-0.3, -0.25) is 4.79 Å². The molecule has 2 heterocycles. The Balaban J connectivity index is 0.00000161. The van der Waals surface area contributed by atoms with Crippen molar-refractivity contribution in [3.05, 3.63) is 35.2 Å². The van der Waals surface area contributed by atoms with Crippen LogP contribution in [0, 0.1) is 0 Å². The molecule has 1 fully saturated rings. The number of fused-ring (bicyclic) bond motifs is 1. The van der Waals surface area contributed by atoms with Gasteiger partial charge in [0.15, 0.2) is 0 Å². The SMILES string of the molecule is Cl.O=C(NCCc1csc2ccccc12)C1CNCCO1. The molecule has 0 bridgehead atoms.